The molecule has 0 bridgehead atoms. The van der Waals surface area contributed by atoms with Crippen LogP contribution in [0.2, 0.25) is 0 Å². The molecule has 29 heavy (non-hydrogen) atoms. The molecule has 0 aliphatic carbocycles. The van der Waals surface area contributed by atoms with Gasteiger partial charge in [0, 0.05) is 26.0 Å². The van der Waals surface area contributed by atoms with Crippen LogP contribution in [-0.2, 0) is 11.3 Å². The van der Waals surface area contributed by atoms with Crippen molar-refractivity contribution in [3.63, 3.8) is 0 Å². The zero-order valence-corrected chi connectivity index (χ0v) is 17.8. The van der Waals surface area contributed by atoms with E-state index in [1.807, 2.05) is 10.8 Å². The number of benzene rings is 2. The highest BCUT2D eigenvalue weighted by atomic mass is 32.2. The van der Waals surface area contributed by atoms with E-state index in [1.165, 1.54) is 30.5 Å². The predicted molar refractivity (Wildman–Crippen MR) is 113 cm³/mol. The number of hydrogen-bond donors (Lipinski definition) is 0. The van der Waals surface area contributed by atoms with E-state index in [1.54, 1.807) is 30.3 Å². The number of carbonyl (C=O) groups excluding carboxylic acids is 1. The smallest absolute Gasteiger partial charge is 0.233 e. The molecule has 0 aliphatic heterocycles. The van der Waals surface area contributed by atoms with Gasteiger partial charge in [-0.25, -0.2) is 9.37 Å². The lowest BCUT2D eigenvalue weighted by Gasteiger charge is -2.18. The van der Waals surface area contributed by atoms with Gasteiger partial charge in [-0.3, -0.25) is 9.36 Å². The van der Waals surface area contributed by atoms with Gasteiger partial charge < -0.3 is 9.64 Å². The summed E-state index contributed by atoms with van der Waals surface area (Å²) in [5.41, 5.74) is 4.10. The predicted octanol–water partition coefficient (Wildman–Crippen LogP) is 4.39. The van der Waals surface area contributed by atoms with Crippen molar-refractivity contribution >= 4 is 17.7 Å². The summed E-state index contributed by atoms with van der Waals surface area (Å²) >= 11 is 1.38. The Bertz CT molecular complexity index is 1020. The SMILES string of the molecule is COc1ccc(CN(C)C(=O)CSc2nccn2-c2ccc(C)cc2C)cc1F. The van der Waals surface area contributed by atoms with Crippen LogP contribution in [0.3, 0.4) is 0 Å². The van der Waals surface area contributed by atoms with Gasteiger partial charge in [-0.1, -0.05) is 35.5 Å². The minimum absolute atomic E-state index is 0.0543. The Hall–Kier alpha value is -2.80. The quantitative estimate of drug-likeness (QED) is 0.539. The number of aryl methyl sites for hydroxylation is 2. The normalized spacial score (nSPS) is 10.8. The second-order valence-electron chi connectivity index (χ2n) is 6.88. The highest BCUT2D eigenvalue weighted by Gasteiger charge is 2.14. The number of halogens is 1. The topological polar surface area (TPSA) is 47.4 Å². The van der Waals surface area contributed by atoms with Crippen LogP contribution in [0.5, 0.6) is 5.75 Å². The molecular formula is C22H24FN3O2S. The van der Waals surface area contributed by atoms with Gasteiger partial charge in [-0.15, -0.1) is 0 Å². The van der Waals surface area contributed by atoms with Gasteiger partial charge in [-0.2, -0.15) is 0 Å². The van der Waals surface area contributed by atoms with Crippen molar-refractivity contribution in [3.05, 3.63) is 71.3 Å². The maximum Gasteiger partial charge on any atom is 0.233 e. The van der Waals surface area contributed by atoms with Crippen LogP contribution in [0.15, 0.2) is 53.9 Å². The molecule has 3 aromatic rings. The Labute approximate surface area is 174 Å². The van der Waals surface area contributed by atoms with E-state index < -0.39 is 5.82 Å². The Morgan fingerprint density at radius 2 is 2.03 bits per heavy atom. The number of methoxy groups -OCH3 is 1. The Morgan fingerprint density at radius 1 is 1.24 bits per heavy atom. The number of hydrogen-bond acceptors (Lipinski definition) is 4. The standard InChI is InChI=1S/C22H24FN3O2S/c1-15-5-7-19(16(2)11-15)26-10-9-24-22(26)29-14-21(27)25(3)13-17-6-8-20(28-4)18(23)12-17/h5-12H,13-14H2,1-4H3. The average Bonchev–Trinajstić information content (AvgIpc) is 3.14. The molecule has 0 atom stereocenters. The molecule has 0 saturated heterocycles. The van der Waals surface area contributed by atoms with Crippen molar-refractivity contribution in [1.29, 1.82) is 0 Å². The summed E-state index contributed by atoms with van der Waals surface area (Å²) in [6.07, 6.45) is 3.63. The largest absolute Gasteiger partial charge is 0.494 e. The number of thioether (sulfide) groups is 1. The van der Waals surface area contributed by atoms with Crippen LogP contribution in [-0.4, -0.2) is 40.3 Å². The van der Waals surface area contributed by atoms with E-state index in [-0.39, 0.29) is 17.4 Å². The van der Waals surface area contributed by atoms with Gasteiger partial charge in [0.1, 0.15) is 0 Å². The molecule has 152 valence electrons. The second-order valence-corrected chi connectivity index (χ2v) is 7.82. The fourth-order valence-corrected chi connectivity index (χ4v) is 3.97. The first-order valence-corrected chi connectivity index (χ1v) is 10.2. The maximum absolute atomic E-state index is 13.9. The van der Waals surface area contributed by atoms with E-state index in [0.29, 0.717) is 12.1 Å². The first-order valence-electron chi connectivity index (χ1n) is 9.19. The van der Waals surface area contributed by atoms with E-state index in [4.69, 9.17) is 4.74 Å². The Morgan fingerprint density at radius 3 is 2.72 bits per heavy atom. The first kappa shape index (κ1) is 20.9. The molecule has 0 aliphatic rings. The Balaban J connectivity index is 1.64. The molecule has 1 amide bonds. The van der Waals surface area contributed by atoms with E-state index in [9.17, 15) is 9.18 Å². The average molecular weight is 414 g/mol. The summed E-state index contributed by atoms with van der Waals surface area (Å²) in [4.78, 5) is 18.5. The number of carbonyl (C=O) groups is 1. The number of imidazole rings is 1. The van der Waals surface area contributed by atoms with Gasteiger partial charge in [-0.05, 0) is 43.2 Å². The first-order chi connectivity index (χ1) is 13.9. The van der Waals surface area contributed by atoms with Crippen molar-refractivity contribution in [3.8, 4) is 11.4 Å². The summed E-state index contributed by atoms with van der Waals surface area (Å²) < 4.78 is 20.8. The number of amides is 1. The number of ether oxygens (including phenoxy) is 1. The van der Waals surface area contributed by atoms with E-state index in [0.717, 1.165) is 16.4 Å². The van der Waals surface area contributed by atoms with Crippen molar-refractivity contribution < 1.29 is 13.9 Å². The molecule has 0 radical (unpaired) electrons. The molecule has 3 rings (SSSR count). The third kappa shape index (κ3) is 4.98. The molecule has 0 unspecified atom stereocenters. The summed E-state index contributed by atoms with van der Waals surface area (Å²) in [5, 5.41) is 0.759. The molecular weight excluding hydrogens is 389 g/mol. The number of nitrogens with zero attached hydrogens (tertiary/aromatic N) is 3. The van der Waals surface area contributed by atoms with Gasteiger partial charge in [0.2, 0.25) is 5.91 Å². The minimum Gasteiger partial charge on any atom is -0.494 e. The van der Waals surface area contributed by atoms with Crippen LogP contribution < -0.4 is 4.74 Å². The summed E-state index contributed by atoms with van der Waals surface area (Å²) in [7, 11) is 3.13. The molecule has 5 nitrogen and oxygen atoms in total. The van der Waals surface area contributed by atoms with Gasteiger partial charge in [0.15, 0.2) is 16.7 Å². The van der Waals surface area contributed by atoms with Crippen LogP contribution in [0, 0.1) is 19.7 Å². The molecule has 0 N–H and O–H groups in total. The fourth-order valence-electron chi connectivity index (χ4n) is 3.06. The van der Waals surface area contributed by atoms with Crippen LogP contribution in [0.4, 0.5) is 4.39 Å². The summed E-state index contributed by atoms with van der Waals surface area (Å²) in [6, 6.07) is 11.0. The lowest BCUT2D eigenvalue weighted by molar-refractivity contribution is -0.127. The molecule has 0 fully saturated rings. The fraction of sp³-hybridized carbons (Fsp3) is 0.273. The number of rotatable bonds is 7. The lowest BCUT2D eigenvalue weighted by Crippen LogP contribution is -2.28. The maximum atomic E-state index is 13.9. The zero-order chi connectivity index (χ0) is 21.0. The van der Waals surface area contributed by atoms with Crippen LogP contribution in [0.25, 0.3) is 5.69 Å². The van der Waals surface area contributed by atoms with Crippen molar-refractivity contribution in [2.75, 3.05) is 19.9 Å². The molecule has 7 heteroatoms. The third-order valence-corrected chi connectivity index (χ3v) is 5.56. The molecule has 0 spiro atoms. The highest BCUT2D eigenvalue weighted by Crippen LogP contribution is 2.24. The third-order valence-electron chi connectivity index (χ3n) is 4.61. The Kier molecular flexibility index (Phi) is 6.59. The lowest BCUT2D eigenvalue weighted by atomic mass is 10.1. The molecule has 2 aromatic carbocycles. The van der Waals surface area contributed by atoms with Crippen molar-refractivity contribution in [1.82, 2.24) is 14.5 Å². The van der Waals surface area contributed by atoms with Crippen molar-refractivity contribution in [2.45, 2.75) is 25.5 Å². The minimum atomic E-state index is -0.435. The molecule has 1 heterocycles. The summed E-state index contributed by atoms with van der Waals surface area (Å²) in [6.45, 7) is 4.44. The van der Waals surface area contributed by atoms with Crippen molar-refractivity contribution in [2.24, 2.45) is 0 Å². The highest BCUT2D eigenvalue weighted by molar-refractivity contribution is 7.99. The van der Waals surface area contributed by atoms with Crippen LogP contribution in [0.1, 0.15) is 16.7 Å². The summed E-state index contributed by atoms with van der Waals surface area (Å²) in [5.74, 6) is -0.0505. The zero-order valence-electron chi connectivity index (χ0n) is 17.0. The molecule has 0 saturated carbocycles. The second kappa shape index (κ2) is 9.13. The molecule has 1 aromatic heterocycles. The van der Waals surface area contributed by atoms with E-state index >= 15 is 0 Å². The van der Waals surface area contributed by atoms with Gasteiger partial charge >= 0.3 is 0 Å². The van der Waals surface area contributed by atoms with Gasteiger partial charge in [0.25, 0.3) is 0 Å². The van der Waals surface area contributed by atoms with Crippen LogP contribution >= 0.6 is 11.8 Å². The number of aromatic nitrogens is 2. The van der Waals surface area contributed by atoms with Gasteiger partial charge in [0.05, 0.1) is 18.6 Å². The van der Waals surface area contributed by atoms with E-state index in [2.05, 4.69) is 37.0 Å². The monoisotopic (exact) mass is 413 g/mol.